The molecule has 0 aromatic carbocycles. The molecular weight excluding hydrogens is 292 g/mol. The van der Waals surface area contributed by atoms with Crippen molar-refractivity contribution in [3.05, 3.63) is 28.7 Å². The van der Waals surface area contributed by atoms with Crippen molar-refractivity contribution in [3.8, 4) is 0 Å². The van der Waals surface area contributed by atoms with E-state index in [-0.39, 0.29) is 40.8 Å². The molecule has 1 aromatic rings. The summed E-state index contributed by atoms with van der Waals surface area (Å²) in [5.74, 6) is -0.0163. The molecule has 1 aliphatic heterocycles. The van der Waals surface area contributed by atoms with Crippen LogP contribution < -0.4 is 10.3 Å². The van der Waals surface area contributed by atoms with Gasteiger partial charge in [-0.1, -0.05) is 0 Å². The maximum Gasteiger partial charge on any atom is 0.247 e. The molecule has 2 rings (SSSR count). The van der Waals surface area contributed by atoms with Crippen LogP contribution >= 0.6 is 0 Å². The first-order valence-electron chi connectivity index (χ1n) is 5.70. The van der Waals surface area contributed by atoms with Crippen LogP contribution in [0, 0.1) is 0 Å². The van der Waals surface area contributed by atoms with Gasteiger partial charge in [0.15, 0.2) is 0 Å². The first-order chi connectivity index (χ1) is 8.78. The largest absolute Gasteiger partial charge is 0.328 e. The van der Waals surface area contributed by atoms with Crippen LogP contribution in [0.1, 0.15) is 12.8 Å². The summed E-state index contributed by atoms with van der Waals surface area (Å²) < 4.78 is 48.9. The second kappa shape index (κ2) is 5.06. The molecule has 1 aliphatic rings. The lowest BCUT2D eigenvalue weighted by Crippen LogP contribution is -2.40. The minimum Gasteiger partial charge on any atom is -0.328 e. The second-order valence-electron chi connectivity index (χ2n) is 4.44. The highest BCUT2D eigenvalue weighted by molar-refractivity contribution is 7.91. The number of sulfone groups is 1. The molecule has 2 heterocycles. The summed E-state index contributed by atoms with van der Waals surface area (Å²) in [6, 6.07) is 1.95. The van der Waals surface area contributed by atoms with Crippen LogP contribution in [0.25, 0.3) is 0 Å². The molecule has 0 radical (unpaired) electrons. The zero-order chi connectivity index (χ0) is 14.1. The molecule has 0 unspecified atom stereocenters. The maximum absolute atomic E-state index is 12.0. The van der Waals surface area contributed by atoms with Crippen molar-refractivity contribution in [1.29, 1.82) is 0 Å². The standard InChI is InChI=1S/C10H14N2O5S2/c13-10-2-1-9(7-11-10)19(16,17)12-8-3-5-18(14,15)6-4-8/h1-2,7-8,12H,3-6H2,(H,11,13). The normalized spacial score (nSPS) is 20.2. The van der Waals surface area contributed by atoms with Gasteiger partial charge >= 0.3 is 0 Å². The highest BCUT2D eigenvalue weighted by Gasteiger charge is 2.27. The first kappa shape index (κ1) is 14.2. The van der Waals surface area contributed by atoms with Gasteiger partial charge in [0.25, 0.3) is 0 Å². The highest BCUT2D eigenvalue weighted by atomic mass is 32.2. The Morgan fingerprint density at radius 1 is 1.21 bits per heavy atom. The average Bonchev–Trinajstić information content (AvgIpc) is 2.32. The number of pyridine rings is 1. The molecule has 106 valence electrons. The highest BCUT2D eigenvalue weighted by Crippen LogP contribution is 2.15. The van der Waals surface area contributed by atoms with E-state index in [0.29, 0.717) is 0 Å². The summed E-state index contributed by atoms with van der Waals surface area (Å²) in [6.45, 7) is 0. The van der Waals surface area contributed by atoms with Gasteiger partial charge in [0, 0.05) is 18.3 Å². The Kier molecular flexibility index (Phi) is 3.79. The molecule has 0 spiro atoms. The molecule has 0 bridgehead atoms. The summed E-state index contributed by atoms with van der Waals surface area (Å²) in [6.07, 6.45) is 1.65. The van der Waals surface area contributed by atoms with Crippen molar-refractivity contribution in [3.63, 3.8) is 0 Å². The number of aromatic nitrogens is 1. The number of rotatable bonds is 3. The molecule has 0 amide bonds. The Balaban J connectivity index is 2.10. The van der Waals surface area contributed by atoms with Crippen LogP contribution in [0.15, 0.2) is 28.0 Å². The van der Waals surface area contributed by atoms with E-state index in [1.807, 2.05) is 0 Å². The Morgan fingerprint density at radius 2 is 1.84 bits per heavy atom. The van der Waals surface area contributed by atoms with Gasteiger partial charge in [0.1, 0.15) is 9.84 Å². The zero-order valence-corrected chi connectivity index (χ0v) is 11.6. The summed E-state index contributed by atoms with van der Waals surface area (Å²) >= 11 is 0. The summed E-state index contributed by atoms with van der Waals surface area (Å²) in [5, 5.41) is 0. The van der Waals surface area contributed by atoms with Crippen molar-refractivity contribution in [2.75, 3.05) is 11.5 Å². The molecule has 0 aliphatic carbocycles. The summed E-state index contributed by atoms with van der Waals surface area (Å²) in [4.78, 5) is 13.1. The molecule has 9 heteroatoms. The zero-order valence-electron chi connectivity index (χ0n) is 10.00. The molecule has 7 nitrogen and oxygen atoms in total. The number of nitrogens with one attached hydrogen (secondary N) is 2. The lowest BCUT2D eigenvalue weighted by Gasteiger charge is -2.22. The molecule has 1 saturated heterocycles. The Labute approximate surface area is 111 Å². The predicted molar refractivity (Wildman–Crippen MR) is 69.1 cm³/mol. The van der Waals surface area contributed by atoms with Crippen molar-refractivity contribution < 1.29 is 16.8 Å². The second-order valence-corrected chi connectivity index (χ2v) is 8.45. The first-order valence-corrected chi connectivity index (χ1v) is 9.00. The predicted octanol–water partition coefficient (Wildman–Crippen LogP) is -0.770. The van der Waals surface area contributed by atoms with E-state index in [0.717, 1.165) is 12.3 Å². The molecule has 2 N–H and O–H groups in total. The van der Waals surface area contributed by atoms with Gasteiger partial charge in [-0.15, -0.1) is 0 Å². The minimum absolute atomic E-state index is 0.00813. The SMILES string of the molecule is O=c1ccc(S(=O)(=O)NC2CCS(=O)(=O)CC2)c[nH]1. The molecule has 1 aromatic heterocycles. The van der Waals surface area contributed by atoms with Crippen LogP contribution in [0.5, 0.6) is 0 Å². The molecular formula is C10H14N2O5S2. The van der Waals surface area contributed by atoms with Gasteiger partial charge in [-0.2, -0.15) is 0 Å². The minimum atomic E-state index is -3.73. The monoisotopic (exact) mass is 306 g/mol. The third kappa shape index (κ3) is 3.64. The summed E-state index contributed by atoms with van der Waals surface area (Å²) in [5.41, 5.74) is -0.386. The van der Waals surface area contributed by atoms with Crippen LogP contribution in [-0.2, 0) is 19.9 Å². The number of hydrogen-bond donors (Lipinski definition) is 2. The molecule has 0 saturated carbocycles. The lowest BCUT2D eigenvalue weighted by atomic mass is 10.2. The van der Waals surface area contributed by atoms with Gasteiger partial charge in [-0.05, 0) is 18.9 Å². The third-order valence-corrected chi connectivity index (χ3v) is 6.18. The fraction of sp³-hybridized carbons (Fsp3) is 0.500. The van der Waals surface area contributed by atoms with E-state index in [1.165, 1.54) is 6.07 Å². The van der Waals surface area contributed by atoms with Crippen molar-refractivity contribution in [2.45, 2.75) is 23.8 Å². The number of sulfonamides is 1. The van der Waals surface area contributed by atoms with Crippen molar-refractivity contribution in [1.82, 2.24) is 9.71 Å². The smallest absolute Gasteiger partial charge is 0.247 e. The molecule has 19 heavy (non-hydrogen) atoms. The Morgan fingerprint density at radius 3 is 2.37 bits per heavy atom. The van der Waals surface area contributed by atoms with Crippen LogP contribution in [0.3, 0.4) is 0 Å². The Hall–Kier alpha value is -1.19. The number of H-pyrrole nitrogens is 1. The van der Waals surface area contributed by atoms with Gasteiger partial charge in [0.2, 0.25) is 15.6 Å². The topological polar surface area (TPSA) is 113 Å². The fourth-order valence-electron chi connectivity index (χ4n) is 1.86. The van der Waals surface area contributed by atoms with E-state index in [9.17, 15) is 21.6 Å². The van der Waals surface area contributed by atoms with E-state index in [1.54, 1.807) is 0 Å². The van der Waals surface area contributed by atoms with E-state index in [4.69, 9.17) is 0 Å². The number of aromatic amines is 1. The maximum atomic E-state index is 12.0. The van der Waals surface area contributed by atoms with Crippen LogP contribution in [0.2, 0.25) is 0 Å². The van der Waals surface area contributed by atoms with Crippen molar-refractivity contribution >= 4 is 19.9 Å². The molecule has 1 fully saturated rings. The Bertz CT molecular complexity index is 686. The van der Waals surface area contributed by atoms with Gasteiger partial charge in [-0.3, -0.25) is 4.79 Å². The fourth-order valence-corrected chi connectivity index (χ4v) is 4.62. The van der Waals surface area contributed by atoms with Crippen molar-refractivity contribution in [2.24, 2.45) is 0 Å². The average molecular weight is 306 g/mol. The summed E-state index contributed by atoms with van der Waals surface area (Å²) in [7, 11) is -6.75. The van der Waals surface area contributed by atoms with Gasteiger partial charge in [0.05, 0.1) is 16.4 Å². The van der Waals surface area contributed by atoms with Crippen LogP contribution in [-0.4, -0.2) is 39.4 Å². The van der Waals surface area contributed by atoms with E-state index < -0.39 is 19.9 Å². The van der Waals surface area contributed by atoms with Gasteiger partial charge < -0.3 is 4.98 Å². The van der Waals surface area contributed by atoms with Crippen LogP contribution in [0.4, 0.5) is 0 Å². The van der Waals surface area contributed by atoms with E-state index in [2.05, 4.69) is 9.71 Å². The van der Waals surface area contributed by atoms with Gasteiger partial charge in [-0.25, -0.2) is 21.6 Å². The number of hydrogen-bond acceptors (Lipinski definition) is 5. The third-order valence-electron chi connectivity index (χ3n) is 2.94. The molecule has 0 atom stereocenters. The van der Waals surface area contributed by atoms with E-state index >= 15 is 0 Å². The quantitative estimate of drug-likeness (QED) is 0.761. The lowest BCUT2D eigenvalue weighted by molar-refractivity contribution is 0.505.